The number of rotatable bonds is 5. The van der Waals surface area contributed by atoms with Crippen LogP contribution in [-0.4, -0.2) is 16.3 Å². The minimum atomic E-state index is 0.659. The van der Waals surface area contributed by atoms with Crippen molar-refractivity contribution in [1.29, 1.82) is 5.26 Å². The standard InChI is InChI=1S/C16H20N4/c1-4-7-18-11-14-5-6-16(15(9-14)10-17)20-13(3)8-12(2)19-20/h5-6,8-9,18H,4,7,11H2,1-3H3. The number of nitrogens with one attached hydrogen (secondary N) is 1. The molecule has 1 heterocycles. The number of aromatic nitrogens is 2. The second-order valence-electron chi connectivity index (χ2n) is 4.98. The predicted octanol–water partition coefficient (Wildman–Crippen LogP) is 2.86. The normalized spacial score (nSPS) is 10.5. The van der Waals surface area contributed by atoms with Crippen molar-refractivity contribution >= 4 is 0 Å². The Kier molecular flexibility index (Phi) is 4.54. The van der Waals surface area contributed by atoms with Crippen LogP contribution in [0.5, 0.6) is 0 Å². The minimum absolute atomic E-state index is 0.659. The molecule has 0 aliphatic carbocycles. The first-order valence-corrected chi connectivity index (χ1v) is 6.93. The van der Waals surface area contributed by atoms with Gasteiger partial charge in [-0.1, -0.05) is 13.0 Å². The first-order valence-electron chi connectivity index (χ1n) is 6.93. The van der Waals surface area contributed by atoms with Gasteiger partial charge in [0.25, 0.3) is 0 Å². The van der Waals surface area contributed by atoms with Crippen molar-refractivity contribution in [3.05, 3.63) is 46.8 Å². The van der Waals surface area contributed by atoms with E-state index in [0.717, 1.165) is 42.1 Å². The highest BCUT2D eigenvalue weighted by molar-refractivity contribution is 5.51. The quantitative estimate of drug-likeness (QED) is 0.848. The summed E-state index contributed by atoms with van der Waals surface area (Å²) in [6.07, 6.45) is 1.11. The van der Waals surface area contributed by atoms with Crippen LogP contribution in [0.1, 0.15) is 35.9 Å². The third-order valence-corrected chi connectivity index (χ3v) is 3.18. The van der Waals surface area contributed by atoms with Gasteiger partial charge in [-0.2, -0.15) is 10.4 Å². The van der Waals surface area contributed by atoms with Crippen molar-refractivity contribution in [2.75, 3.05) is 6.54 Å². The van der Waals surface area contributed by atoms with Gasteiger partial charge >= 0.3 is 0 Å². The van der Waals surface area contributed by atoms with Crippen LogP contribution in [0.25, 0.3) is 5.69 Å². The van der Waals surface area contributed by atoms with Crippen molar-refractivity contribution in [2.45, 2.75) is 33.7 Å². The lowest BCUT2D eigenvalue weighted by atomic mass is 10.1. The summed E-state index contributed by atoms with van der Waals surface area (Å²) in [6.45, 7) is 7.87. The van der Waals surface area contributed by atoms with Gasteiger partial charge in [-0.25, -0.2) is 4.68 Å². The Balaban J connectivity index is 2.31. The molecule has 1 N–H and O–H groups in total. The Bertz CT molecular complexity index is 634. The fourth-order valence-electron chi connectivity index (χ4n) is 2.25. The summed E-state index contributed by atoms with van der Waals surface area (Å²) in [5.41, 5.74) is 4.63. The number of nitriles is 1. The smallest absolute Gasteiger partial charge is 0.101 e. The Hall–Kier alpha value is -2.12. The molecule has 0 bridgehead atoms. The highest BCUT2D eigenvalue weighted by Crippen LogP contribution is 2.18. The first kappa shape index (κ1) is 14.3. The topological polar surface area (TPSA) is 53.6 Å². The van der Waals surface area contributed by atoms with E-state index in [1.807, 2.05) is 36.7 Å². The molecule has 104 valence electrons. The number of aryl methyl sites for hydroxylation is 2. The van der Waals surface area contributed by atoms with Gasteiger partial charge in [-0.15, -0.1) is 0 Å². The molecular formula is C16H20N4. The highest BCUT2D eigenvalue weighted by Gasteiger charge is 2.09. The van der Waals surface area contributed by atoms with Crippen molar-refractivity contribution in [3.8, 4) is 11.8 Å². The molecule has 1 aromatic heterocycles. The summed E-state index contributed by atoms with van der Waals surface area (Å²) in [5.74, 6) is 0. The van der Waals surface area contributed by atoms with Crippen molar-refractivity contribution < 1.29 is 0 Å². The van der Waals surface area contributed by atoms with Gasteiger partial charge < -0.3 is 5.32 Å². The van der Waals surface area contributed by atoms with Gasteiger partial charge in [-0.3, -0.25) is 0 Å². The fourth-order valence-corrected chi connectivity index (χ4v) is 2.25. The molecule has 0 amide bonds. The molecular weight excluding hydrogens is 248 g/mol. The summed E-state index contributed by atoms with van der Waals surface area (Å²) in [7, 11) is 0. The average molecular weight is 268 g/mol. The maximum atomic E-state index is 9.36. The van der Waals surface area contributed by atoms with E-state index in [2.05, 4.69) is 29.5 Å². The minimum Gasteiger partial charge on any atom is -0.313 e. The molecule has 0 aliphatic heterocycles. The van der Waals surface area contributed by atoms with E-state index < -0.39 is 0 Å². The average Bonchev–Trinajstić information content (AvgIpc) is 2.77. The summed E-state index contributed by atoms with van der Waals surface area (Å²) in [4.78, 5) is 0. The highest BCUT2D eigenvalue weighted by atomic mass is 15.3. The van der Waals surface area contributed by atoms with E-state index in [9.17, 15) is 5.26 Å². The molecule has 0 unspecified atom stereocenters. The number of nitrogens with zero attached hydrogens (tertiary/aromatic N) is 3. The summed E-state index contributed by atoms with van der Waals surface area (Å²) >= 11 is 0. The number of hydrogen-bond donors (Lipinski definition) is 1. The predicted molar refractivity (Wildman–Crippen MR) is 79.8 cm³/mol. The largest absolute Gasteiger partial charge is 0.313 e. The van der Waals surface area contributed by atoms with Crippen LogP contribution in [-0.2, 0) is 6.54 Å². The fraction of sp³-hybridized carbons (Fsp3) is 0.375. The van der Waals surface area contributed by atoms with Crippen molar-refractivity contribution in [1.82, 2.24) is 15.1 Å². The molecule has 20 heavy (non-hydrogen) atoms. The van der Waals surface area contributed by atoms with E-state index in [0.29, 0.717) is 5.56 Å². The number of benzene rings is 1. The first-order chi connectivity index (χ1) is 9.65. The molecule has 0 aliphatic rings. The van der Waals surface area contributed by atoms with Crippen LogP contribution in [0.2, 0.25) is 0 Å². The lowest BCUT2D eigenvalue weighted by Gasteiger charge is -2.09. The molecule has 0 saturated carbocycles. The molecule has 0 fully saturated rings. The van der Waals surface area contributed by atoms with Crippen LogP contribution in [0, 0.1) is 25.2 Å². The van der Waals surface area contributed by atoms with Crippen LogP contribution in [0.3, 0.4) is 0 Å². The van der Waals surface area contributed by atoms with Gasteiger partial charge in [-0.05, 0) is 50.6 Å². The van der Waals surface area contributed by atoms with Gasteiger partial charge in [0.05, 0.1) is 16.9 Å². The molecule has 2 rings (SSSR count). The SMILES string of the molecule is CCCNCc1ccc(-n2nc(C)cc2C)c(C#N)c1. The van der Waals surface area contributed by atoms with E-state index in [4.69, 9.17) is 0 Å². The molecule has 0 radical (unpaired) electrons. The molecule has 4 nitrogen and oxygen atoms in total. The van der Waals surface area contributed by atoms with E-state index in [1.165, 1.54) is 0 Å². The van der Waals surface area contributed by atoms with Crippen LogP contribution in [0.15, 0.2) is 24.3 Å². The maximum absolute atomic E-state index is 9.36. The van der Waals surface area contributed by atoms with Crippen LogP contribution in [0.4, 0.5) is 0 Å². The van der Waals surface area contributed by atoms with Gasteiger partial charge in [0, 0.05) is 12.2 Å². The van der Waals surface area contributed by atoms with Crippen molar-refractivity contribution in [3.63, 3.8) is 0 Å². The van der Waals surface area contributed by atoms with Gasteiger partial charge in [0.15, 0.2) is 0 Å². The van der Waals surface area contributed by atoms with Crippen LogP contribution < -0.4 is 5.32 Å². The van der Waals surface area contributed by atoms with Crippen LogP contribution >= 0.6 is 0 Å². The Morgan fingerprint density at radius 2 is 2.10 bits per heavy atom. The lowest BCUT2D eigenvalue weighted by molar-refractivity contribution is 0.675. The maximum Gasteiger partial charge on any atom is 0.101 e. The molecule has 1 aromatic carbocycles. The van der Waals surface area contributed by atoms with Gasteiger partial charge in [0.2, 0.25) is 0 Å². The molecule has 0 saturated heterocycles. The third kappa shape index (κ3) is 3.06. The van der Waals surface area contributed by atoms with E-state index >= 15 is 0 Å². The second-order valence-corrected chi connectivity index (χ2v) is 4.98. The zero-order chi connectivity index (χ0) is 14.5. The Morgan fingerprint density at radius 3 is 2.70 bits per heavy atom. The van der Waals surface area contributed by atoms with E-state index in [-0.39, 0.29) is 0 Å². The Labute approximate surface area is 120 Å². The van der Waals surface area contributed by atoms with Gasteiger partial charge in [0.1, 0.15) is 6.07 Å². The zero-order valence-electron chi connectivity index (χ0n) is 12.3. The Morgan fingerprint density at radius 1 is 1.30 bits per heavy atom. The molecule has 0 spiro atoms. The second kappa shape index (κ2) is 6.36. The monoisotopic (exact) mass is 268 g/mol. The summed E-state index contributed by atoms with van der Waals surface area (Å²) in [6, 6.07) is 10.2. The third-order valence-electron chi connectivity index (χ3n) is 3.18. The molecule has 0 atom stereocenters. The molecule has 2 aromatic rings. The number of hydrogen-bond acceptors (Lipinski definition) is 3. The molecule has 4 heteroatoms. The lowest BCUT2D eigenvalue weighted by Crippen LogP contribution is -2.14. The zero-order valence-corrected chi connectivity index (χ0v) is 12.3. The summed E-state index contributed by atoms with van der Waals surface area (Å²) < 4.78 is 1.83. The summed E-state index contributed by atoms with van der Waals surface area (Å²) in [5, 5.41) is 17.2. The van der Waals surface area contributed by atoms with E-state index in [1.54, 1.807) is 0 Å². The van der Waals surface area contributed by atoms with Crippen molar-refractivity contribution in [2.24, 2.45) is 0 Å².